The van der Waals surface area contributed by atoms with E-state index in [9.17, 15) is 4.79 Å². The van der Waals surface area contributed by atoms with Gasteiger partial charge in [0.15, 0.2) is 5.12 Å². The molecular formula is C8H16O2S6. The fraction of sp³-hybridized carbons (Fsp3) is 0.875. The molecule has 0 amide bonds. The van der Waals surface area contributed by atoms with Gasteiger partial charge in [-0.15, -0.1) is 47.0 Å². The van der Waals surface area contributed by atoms with E-state index in [0.717, 1.165) is 20.3 Å². The van der Waals surface area contributed by atoms with Crippen molar-refractivity contribution >= 4 is 75.7 Å². The fourth-order valence-electron chi connectivity index (χ4n) is 0.581. The molecule has 0 spiro atoms. The van der Waals surface area contributed by atoms with Crippen molar-refractivity contribution < 1.29 is 9.90 Å². The zero-order chi connectivity index (χ0) is 12.1. The highest BCUT2D eigenvalue weighted by Gasteiger charge is 2.02. The number of carbonyl (C=O) groups excluding carboxylic acids is 1. The monoisotopic (exact) mass is 336 g/mol. The first kappa shape index (κ1) is 17.7. The number of carbonyl (C=O) groups is 1. The molecule has 1 N–H and O–H groups in total. The molecule has 0 aromatic carbocycles. The quantitative estimate of drug-likeness (QED) is 0.455. The van der Waals surface area contributed by atoms with Crippen LogP contribution in [0.4, 0.5) is 0 Å². The second kappa shape index (κ2) is 14.8. The van der Waals surface area contributed by atoms with Crippen LogP contribution in [0.5, 0.6) is 0 Å². The second-order valence-electron chi connectivity index (χ2n) is 2.37. The molecule has 0 aliphatic rings. The van der Waals surface area contributed by atoms with Gasteiger partial charge >= 0.3 is 0 Å². The third-order valence-corrected chi connectivity index (χ3v) is 7.86. The van der Waals surface area contributed by atoms with Crippen molar-refractivity contribution in [1.82, 2.24) is 0 Å². The lowest BCUT2D eigenvalue weighted by molar-refractivity contribution is -0.108. The summed E-state index contributed by atoms with van der Waals surface area (Å²) in [7, 11) is 0. The van der Waals surface area contributed by atoms with Gasteiger partial charge in [0, 0.05) is 20.3 Å². The summed E-state index contributed by atoms with van der Waals surface area (Å²) in [5.41, 5.74) is 0. The average Bonchev–Trinajstić information content (AvgIpc) is 2.28. The number of thioether (sulfide) groups is 6. The smallest absolute Gasteiger partial charge is 0.199 e. The van der Waals surface area contributed by atoms with E-state index in [1.54, 1.807) is 23.5 Å². The van der Waals surface area contributed by atoms with Crippen LogP contribution in [-0.4, -0.2) is 48.5 Å². The van der Waals surface area contributed by atoms with E-state index in [0.29, 0.717) is 5.75 Å². The second-order valence-corrected chi connectivity index (χ2v) is 9.64. The van der Waals surface area contributed by atoms with Gasteiger partial charge in [-0.2, -0.15) is 11.8 Å². The number of hydrogen-bond acceptors (Lipinski definition) is 8. The van der Waals surface area contributed by atoms with Crippen molar-refractivity contribution in [1.29, 1.82) is 0 Å². The predicted molar refractivity (Wildman–Crippen MR) is 87.9 cm³/mol. The highest BCUT2D eigenvalue weighted by molar-refractivity contribution is 8.28. The van der Waals surface area contributed by atoms with Crippen LogP contribution < -0.4 is 0 Å². The van der Waals surface area contributed by atoms with E-state index in [1.165, 1.54) is 23.5 Å². The van der Waals surface area contributed by atoms with Crippen LogP contribution in [0.1, 0.15) is 0 Å². The van der Waals surface area contributed by atoms with Crippen LogP contribution in [0.25, 0.3) is 0 Å². The van der Waals surface area contributed by atoms with Crippen LogP contribution in [0, 0.1) is 0 Å². The summed E-state index contributed by atoms with van der Waals surface area (Å²) in [6, 6.07) is 0. The van der Waals surface area contributed by atoms with Crippen molar-refractivity contribution in [2.24, 2.45) is 0 Å². The Hall–Kier alpha value is 1.73. The van der Waals surface area contributed by atoms with Gasteiger partial charge in [-0.25, -0.2) is 0 Å². The summed E-state index contributed by atoms with van der Waals surface area (Å²) in [5, 5.41) is 12.5. The molecule has 0 fully saturated rings. The maximum atomic E-state index is 11.4. The molecule has 0 saturated carbocycles. The predicted octanol–water partition coefficient (Wildman–Crippen LogP) is 3.32. The van der Waals surface area contributed by atoms with Crippen LogP contribution in [0.2, 0.25) is 0 Å². The average molecular weight is 337 g/mol. The van der Waals surface area contributed by atoms with Gasteiger partial charge in [0.25, 0.3) is 0 Å². The molecular weight excluding hydrogens is 320 g/mol. The van der Waals surface area contributed by atoms with Gasteiger partial charge in [-0.3, -0.25) is 4.79 Å². The summed E-state index contributed by atoms with van der Waals surface area (Å²) < 4.78 is 0. The molecule has 0 aliphatic carbocycles. The zero-order valence-electron chi connectivity index (χ0n) is 9.05. The largest absolute Gasteiger partial charge is 0.386 e. The number of aliphatic hydroxyl groups is 1. The Balaban J connectivity index is 3.12. The summed E-state index contributed by atoms with van der Waals surface area (Å²) in [6.07, 6.45) is 2.08. The van der Waals surface area contributed by atoms with Crippen molar-refractivity contribution in [3.8, 4) is 0 Å². The van der Waals surface area contributed by atoms with Gasteiger partial charge < -0.3 is 5.11 Å². The Labute approximate surface area is 123 Å². The van der Waals surface area contributed by atoms with Crippen molar-refractivity contribution in [3.63, 3.8) is 0 Å². The lowest BCUT2D eigenvalue weighted by Gasteiger charge is -2.01. The minimum atomic E-state index is 0.161. The first-order valence-corrected chi connectivity index (χ1v) is 11.4. The number of rotatable bonds is 11. The standard InChI is InChI=1S/C8H16O2S6/c1-11-4-14-5-12-2-8(10)16-7-15-6-13-3-9/h9H,2-7H2,1H3. The highest BCUT2D eigenvalue weighted by Crippen LogP contribution is 2.21. The van der Waals surface area contributed by atoms with E-state index in [-0.39, 0.29) is 11.1 Å². The minimum Gasteiger partial charge on any atom is -0.386 e. The molecule has 0 heterocycles. The van der Waals surface area contributed by atoms with Crippen LogP contribution in [0.3, 0.4) is 0 Å². The molecule has 0 saturated heterocycles. The topological polar surface area (TPSA) is 37.3 Å². The Morgan fingerprint density at radius 3 is 2.38 bits per heavy atom. The first-order valence-electron chi connectivity index (χ1n) is 4.37. The highest BCUT2D eigenvalue weighted by atomic mass is 32.2. The summed E-state index contributed by atoms with van der Waals surface area (Å²) in [5.74, 6) is 0.772. The van der Waals surface area contributed by atoms with Crippen molar-refractivity contribution in [2.45, 2.75) is 0 Å². The van der Waals surface area contributed by atoms with E-state index in [4.69, 9.17) is 5.11 Å². The van der Waals surface area contributed by atoms with Gasteiger partial charge in [0.1, 0.15) is 0 Å². The van der Waals surface area contributed by atoms with Gasteiger partial charge in [0.2, 0.25) is 0 Å². The molecule has 0 aliphatic heterocycles. The lowest BCUT2D eigenvalue weighted by atomic mass is 10.9. The fourth-order valence-corrected chi connectivity index (χ4v) is 6.20. The van der Waals surface area contributed by atoms with E-state index in [1.807, 2.05) is 23.5 Å². The van der Waals surface area contributed by atoms with Crippen molar-refractivity contribution in [3.05, 3.63) is 0 Å². The molecule has 0 rings (SSSR count). The third-order valence-electron chi connectivity index (χ3n) is 1.15. The SMILES string of the molecule is CSCSCSCC(=O)SCSCSCO. The van der Waals surface area contributed by atoms with E-state index < -0.39 is 0 Å². The number of hydrogen-bond donors (Lipinski definition) is 1. The molecule has 96 valence electrons. The molecule has 16 heavy (non-hydrogen) atoms. The van der Waals surface area contributed by atoms with E-state index in [2.05, 4.69) is 6.26 Å². The molecule has 0 unspecified atom stereocenters. The molecule has 0 bridgehead atoms. The molecule has 8 heteroatoms. The molecule has 0 radical (unpaired) electrons. The van der Waals surface area contributed by atoms with Crippen molar-refractivity contribution in [2.75, 3.05) is 38.3 Å². The van der Waals surface area contributed by atoms with Crippen LogP contribution in [0.15, 0.2) is 0 Å². The normalized spacial score (nSPS) is 10.6. The van der Waals surface area contributed by atoms with Gasteiger partial charge in [-0.05, 0) is 6.26 Å². The lowest BCUT2D eigenvalue weighted by Crippen LogP contribution is -1.96. The maximum absolute atomic E-state index is 11.4. The Bertz CT molecular complexity index is 153. The molecule has 2 nitrogen and oxygen atoms in total. The Kier molecular flexibility index (Phi) is 16.4. The third kappa shape index (κ3) is 13.8. The Morgan fingerprint density at radius 1 is 1.00 bits per heavy atom. The first-order chi connectivity index (χ1) is 7.81. The summed E-state index contributed by atoms with van der Waals surface area (Å²) in [4.78, 5) is 11.4. The zero-order valence-corrected chi connectivity index (χ0v) is 13.9. The Morgan fingerprint density at radius 2 is 1.69 bits per heavy atom. The van der Waals surface area contributed by atoms with Crippen LogP contribution in [-0.2, 0) is 4.79 Å². The number of aliphatic hydroxyl groups excluding tert-OH is 1. The molecule has 0 atom stereocenters. The summed E-state index contributed by atoms with van der Waals surface area (Å²) in [6.45, 7) is 0. The summed E-state index contributed by atoms with van der Waals surface area (Å²) >= 11 is 9.90. The van der Waals surface area contributed by atoms with Gasteiger partial charge in [-0.1, -0.05) is 11.8 Å². The van der Waals surface area contributed by atoms with Crippen LogP contribution >= 0.6 is 70.6 Å². The minimum absolute atomic E-state index is 0.161. The van der Waals surface area contributed by atoms with E-state index >= 15 is 0 Å². The molecule has 0 aromatic rings. The van der Waals surface area contributed by atoms with Gasteiger partial charge in [0.05, 0.1) is 11.7 Å². The molecule has 0 aromatic heterocycles. The maximum Gasteiger partial charge on any atom is 0.199 e.